The Morgan fingerprint density at radius 2 is 1.76 bits per heavy atom. The largest absolute Gasteiger partial charge is 0.493 e. The highest BCUT2D eigenvalue weighted by atomic mass is 28.4. The van der Waals surface area contributed by atoms with Crippen LogP contribution in [0.2, 0.25) is 18.1 Å². The molecule has 158 valence electrons. The number of carbonyl (C=O) groups is 1. The number of nitro groups is 1. The van der Waals surface area contributed by atoms with Crippen molar-refractivity contribution in [3.63, 3.8) is 0 Å². The summed E-state index contributed by atoms with van der Waals surface area (Å²) >= 11 is 0. The SMILES string of the molecule is COc1cc(C(=O)n2cccc2CO[Si](C)(C)C(C)(C)C)c([N+](=O)[O-])cc1OC. The van der Waals surface area contributed by atoms with Crippen LogP contribution in [0.1, 0.15) is 36.8 Å². The van der Waals surface area contributed by atoms with E-state index in [1.807, 2.05) is 0 Å². The zero-order valence-corrected chi connectivity index (χ0v) is 18.9. The van der Waals surface area contributed by atoms with Crippen molar-refractivity contribution in [2.45, 2.75) is 45.5 Å². The third kappa shape index (κ3) is 4.68. The number of ether oxygens (including phenoxy) is 2. The van der Waals surface area contributed by atoms with E-state index in [4.69, 9.17) is 13.9 Å². The van der Waals surface area contributed by atoms with Gasteiger partial charge in [-0.1, -0.05) is 20.8 Å². The number of carbonyl (C=O) groups excluding carboxylic acids is 1. The summed E-state index contributed by atoms with van der Waals surface area (Å²) in [4.78, 5) is 24.1. The summed E-state index contributed by atoms with van der Waals surface area (Å²) in [6.07, 6.45) is 1.58. The fourth-order valence-electron chi connectivity index (χ4n) is 2.52. The number of hydrogen-bond donors (Lipinski definition) is 0. The first-order valence-corrected chi connectivity index (χ1v) is 12.1. The van der Waals surface area contributed by atoms with Crippen molar-refractivity contribution in [3.8, 4) is 11.5 Å². The molecule has 1 heterocycles. The molecule has 0 saturated carbocycles. The minimum Gasteiger partial charge on any atom is -0.493 e. The third-order valence-corrected chi connectivity index (χ3v) is 9.85. The number of methoxy groups -OCH3 is 2. The summed E-state index contributed by atoms with van der Waals surface area (Å²) < 4.78 is 17.9. The van der Waals surface area contributed by atoms with E-state index in [9.17, 15) is 14.9 Å². The normalized spacial score (nSPS) is 12.0. The molecule has 0 bridgehead atoms. The third-order valence-electron chi connectivity index (χ3n) is 5.37. The lowest BCUT2D eigenvalue weighted by molar-refractivity contribution is -0.385. The molecule has 0 fully saturated rings. The Balaban J connectivity index is 2.42. The molecule has 0 atom stereocenters. The Hall–Kier alpha value is -2.65. The summed E-state index contributed by atoms with van der Waals surface area (Å²) in [5, 5.41) is 11.6. The van der Waals surface area contributed by atoms with Crippen LogP contribution in [-0.2, 0) is 11.0 Å². The molecule has 2 aromatic rings. The standard InChI is InChI=1S/C20H28N2O6Si/c1-20(2,3)29(6,7)28-13-14-9-8-10-21(14)19(23)15-11-17(26-4)18(27-5)12-16(15)22(24)25/h8-12H,13H2,1-7H3. The van der Waals surface area contributed by atoms with Crippen LogP contribution in [-0.4, -0.2) is 37.9 Å². The van der Waals surface area contributed by atoms with Gasteiger partial charge in [-0.25, -0.2) is 0 Å². The van der Waals surface area contributed by atoms with Gasteiger partial charge in [0.2, 0.25) is 0 Å². The summed E-state index contributed by atoms with van der Waals surface area (Å²) in [6.45, 7) is 10.9. The highest BCUT2D eigenvalue weighted by Crippen LogP contribution is 2.37. The van der Waals surface area contributed by atoms with Crippen LogP contribution in [0.15, 0.2) is 30.5 Å². The molecule has 2 rings (SSSR count). The molecule has 0 spiro atoms. The number of rotatable bonds is 7. The van der Waals surface area contributed by atoms with Crippen LogP contribution in [0.25, 0.3) is 0 Å². The van der Waals surface area contributed by atoms with Gasteiger partial charge in [-0.2, -0.15) is 0 Å². The number of nitro benzene ring substituents is 1. The van der Waals surface area contributed by atoms with E-state index in [1.165, 1.54) is 30.9 Å². The highest BCUT2D eigenvalue weighted by Gasteiger charge is 2.37. The topological polar surface area (TPSA) is 92.8 Å². The van der Waals surface area contributed by atoms with Crippen molar-refractivity contribution in [2.75, 3.05) is 14.2 Å². The fraction of sp³-hybridized carbons (Fsp3) is 0.450. The van der Waals surface area contributed by atoms with Gasteiger partial charge < -0.3 is 13.9 Å². The summed E-state index contributed by atoms with van der Waals surface area (Å²) in [7, 11) is 0.766. The van der Waals surface area contributed by atoms with E-state index in [0.29, 0.717) is 5.69 Å². The van der Waals surface area contributed by atoms with Crippen molar-refractivity contribution in [3.05, 3.63) is 51.8 Å². The average molecular weight is 421 g/mol. The molecule has 0 aliphatic heterocycles. The Bertz CT molecular complexity index is 914. The maximum atomic E-state index is 13.2. The second-order valence-corrected chi connectivity index (χ2v) is 13.0. The molecule has 1 aromatic heterocycles. The molecule has 9 heteroatoms. The minimum absolute atomic E-state index is 0.0244. The van der Waals surface area contributed by atoms with Crippen LogP contribution in [0.4, 0.5) is 5.69 Å². The maximum absolute atomic E-state index is 13.2. The summed E-state index contributed by atoms with van der Waals surface area (Å²) in [5.41, 5.74) is 0.193. The molecule has 0 saturated heterocycles. The van der Waals surface area contributed by atoms with E-state index < -0.39 is 19.1 Å². The van der Waals surface area contributed by atoms with E-state index in [-0.39, 0.29) is 34.4 Å². The number of aromatic nitrogens is 1. The lowest BCUT2D eigenvalue weighted by Gasteiger charge is -2.36. The van der Waals surface area contributed by atoms with Gasteiger partial charge in [-0.3, -0.25) is 19.5 Å². The van der Waals surface area contributed by atoms with Gasteiger partial charge in [-0.05, 0) is 30.3 Å². The van der Waals surface area contributed by atoms with Gasteiger partial charge in [0.05, 0.1) is 37.5 Å². The second kappa shape index (κ2) is 8.38. The monoisotopic (exact) mass is 420 g/mol. The van der Waals surface area contributed by atoms with Gasteiger partial charge in [0.15, 0.2) is 19.8 Å². The molecule has 0 N–H and O–H groups in total. The van der Waals surface area contributed by atoms with E-state index in [1.54, 1.807) is 18.3 Å². The predicted molar refractivity (Wildman–Crippen MR) is 112 cm³/mol. The van der Waals surface area contributed by atoms with Gasteiger partial charge in [0, 0.05) is 12.3 Å². The van der Waals surface area contributed by atoms with Crippen molar-refractivity contribution in [2.24, 2.45) is 0 Å². The lowest BCUT2D eigenvalue weighted by Crippen LogP contribution is -2.40. The van der Waals surface area contributed by atoms with Gasteiger partial charge >= 0.3 is 0 Å². The molecule has 0 aliphatic rings. The smallest absolute Gasteiger partial charge is 0.286 e. The van der Waals surface area contributed by atoms with Gasteiger partial charge in [-0.15, -0.1) is 0 Å². The molecule has 0 radical (unpaired) electrons. The molecule has 29 heavy (non-hydrogen) atoms. The zero-order valence-electron chi connectivity index (χ0n) is 17.9. The molecule has 0 unspecified atom stereocenters. The van der Waals surface area contributed by atoms with E-state index >= 15 is 0 Å². The summed E-state index contributed by atoms with van der Waals surface area (Å²) in [5.74, 6) is -0.103. The fourth-order valence-corrected chi connectivity index (χ4v) is 3.46. The molecular formula is C20H28N2O6Si. The molecular weight excluding hydrogens is 392 g/mol. The van der Waals surface area contributed by atoms with Crippen molar-refractivity contribution in [1.82, 2.24) is 4.57 Å². The van der Waals surface area contributed by atoms with Crippen LogP contribution in [0.5, 0.6) is 11.5 Å². The maximum Gasteiger partial charge on any atom is 0.286 e. The van der Waals surface area contributed by atoms with Crippen LogP contribution in [0.3, 0.4) is 0 Å². The van der Waals surface area contributed by atoms with Crippen LogP contribution in [0, 0.1) is 10.1 Å². The average Bonchev–Trinajstić information content (AvgIpc) is 3.12. The second-order valence-electron chi connectivity index (χ2n) is 8.21. The molecule has 0 aliphatic carbocycles. The first kappa shape index (κ1) is 22.6. The first-order chi connectivity index (χ1) is 13.4. The van der Waals surface area contributed by atoms with Crippen molar-refractivity contribution < 1.29 is 23.6 Å². The van der Waals surface area contributed by atoms with Crippen molar-refractivity contribution in [1.29, 1.82) is 0 Å². The first-order valence-electron chi connectivity index (χ1n) is 9.18. The van der Waals surface area contributed by atoms with E-state index in [2.05, 4.69) is 33.9 Å². The Labute approximate surface area is 171 Å². The summed E-state index contributed by atoms with van der Waals surface area (Å²) in [6, 6.07) is 6.02. The van der Waals surface area contributed by atoms with Gasteiger partial charge in [0.25, 0.3) is 11.6 Å². The number of nitrogens with zero attached hydrogens (tertiary/aromatic N) is 2. The Kier molecular flexibility index (Phi) is 6.54. The Morgan fingerprint density at radius 3 is 2.28 bits per heavy atom. The van der Waals surface area contributed by atoms with E-state index in [0.717, 1.165) is 0 Å². The highest BCUT2D eigenvalue weighted by molar-refractivity contribution is 6.74. The van der Waals surface area contributed by atoms with Crippen LogP contribution < -0.4 is 9.47 Å². The molecule has 8 nitrogen and oxygen atoms in total. The van der Waals surface area contributed by atoms with Crippen molar-refractivity contribution >= 4 is 19.9 Å². The molecule has 0 amide bonds. The lowest BCUT2D eigenvalue weighted by atomic mass is 10.1. The predicted octanol–water partition coefficient (Wildman–Crippen LogP) is 4.62. The van der Waals surface area contributed by atoms with Gasteiger partial charge in [0.1, 0.15) is 5.56 Å². The Morgan fingerprint density at radius 1 is 1.17 bits per heavy atom. The number of hydrogen-bond acceptors (Lipinski definition) is 6. The number of benzene rings is 1. The quantitative estimate of drug-likeness (QED) is 0.368. The molecule has 1 aromatic carbocycles. The van der Waals surface area contributed by atoms with Crippen LogP contribution >= 0.6 is 0 Å². The zero-order chi connectivity index (χ0) is 22.0. The minimum atomic E-state index is -2.02.